The Labute approximate surface area is 123 Å². The van der Waals surface area contributed by atoms with Crippen molar-refractivity contribution >= 4 is 22.9 Å². The zero-order valence-electron chi connectivity index (χ0n) is 12.0. The third-order valence-corrected chi connectivity index (χ3v) is 3.91. The Morgan fingerprint density at radius 2 is 2.15 bits per heavy atom. The van der Waals surface area contributed by atoms with E-state index in [-0.39, 0.29) is 5.91 Å². The first kappa shape index (κ1) is 14.5. The van der Waals surface area contributed by atoms with Gasteiger partial charge in [-0.05, 0) is 37.6 Å². The highest BCUT2D eigenvalue weighted by Crippen LogP contribution is 2.15. The van der Waals surface area contributed by atoms with Crippen molar-refractivity contribution in [2.75, 3.05) is 18.9 Å². The molecule has 0 atom stereocenters. The smallest absolute Gasteiger partial charge is 0.251 e. The number of aryl methyl sites for hydroxylation is 2. The van der Waals surface area contributed by atoms with Crippen molar-refractivity contribution in [2.24, 2.45) is 0 Å². The van der Waals surface area contributed by atoms with Crippen LogP contribution in [0.4, 0.5) is 5.69 Å². The lowest BCUT2D eigenvalue weighted by atomic mass is 10.1. The van der Waals surface area contributed by atoms with Crippen LogP contribution in [0.15, 0.2) is 23.6 Å². The Hall–Kier alpha value is -1.88. The van der Waals surface area contributed by atoms with E-state index < -0.39 is 0 Å². The number of rotatable bonds is 5. The van der Waals surface area contributed by atoms with Crippen molar-refractivity contribution in [3.8, 4) is 0 Å². The van der Waals surface area contributed by atoms with E-state index in [2.05, 4.69) is 15.6 Å². The van der Waals surface area contributed by atoms with Gasteiger partial charge in [-0.15, -0.1) is 11.3 Å². The van der Waals surface area contributed by atoms with Crippen LogP contribution >= 0.6 is 11.3 Å². The van der Waals surface area contributed by atoms with E-state index in [4.69, 9.17) is 0 Å². The van der Waals surface area contributed by atoms with Gasteiger partial charge in [0.25, 0.3) is 5.91 Å². The fourth-order valence-corrected chi connectivity index (χ4v) is 2.66. The second kappa shape index (κ2) is 6.52. The van der Waals surface area contributed by atoms with Gasteiger partial charge in [0.2, 0.25) is 0 Å². The molecular formula is C15H19N3OS. The standard InChI is InChI=1S/C15H19N3OS/c1-10-8-12(4-5-14(10)16-3)15(19)17-7-6-13-9-20-11(2)18-13/h4-5,8-9,16H,6-7H2,1-3H3,(H,17,19). The topological polar surface area (TPSA) is 54.0 Å². The Morgan fingerprint density at radius 3 is 2.75 bits per heavy atom. The molecule has 1 aromatic carbocycles. The van der Waals surface area contributed by atoms with Gasteiger partial charge >= 0.3 is 0 Å². The molecule has 0 bridgehead atoms. The van der Waals surface area contributed by atoms with Gasteiger partial charge < -0.3 is 10.6 Å². The SMILES string of the molecule is CNc1ccc(C(=O)NCCc2csc(C)n2)cc1C. The zero-order valence-corrected chi connectivity index (χ0v) is 12.8. The molecule has 1 aromatic heterocycles. The lowest BCUT2D eigenvalue weighted by Crippen LogP contribution is -2.25. The highest BCUT2D eigenvalue weighted by atomic mass is 32.1. The molecule has 5 heteroatoms. The second-order valence-corrected chi connectivity index (χ2v) is 5.71. The summed E-state index contributed by atoms with van der Waals surface area (Å²) in [6.07, 6.45) is 0.768. The van der Waals surface area contributed by atoms with Crippen molar-refractivity contribution < 1.29 is 4.79 Å². The molecule has 0 spiro atoms. The minimum absolute atomic E-state index is 0.0392. The summed E-state index contributed by atoms with van der Waals surface area (Å²) < 4.78 is 0. The molecule has 0 fully saturated rings. The molecule has 0 aliphatic heterocycles. The number of anilines is 1. The predicted molar refractivity (Wildman–Crippen MR) is 83.6 cm³/mol. The molecular weight excluding hydrogens is 270 g/mol. The summed E-state index contributed by atoms with van der Waals surface area (Å²) in [4.78, 5) is 16.4. The van der Waals surface area contributed by atoms with Crippen molar-refractivity contribution in [3.05, 3.63) is 45.4 Å². The average molecular weight is 289 g/mol. The van der Waals surface area contributed by atoms with Crippen LogP contribution in [0.2, 0.25) is 0 Å². The third kappa shape index (κ3) is 3.57. The van der Waals surface area contributed by atoms with Gasteiger partial charge in [-0.1, -0.05) is 0 Å². The Morgan fingerprint density at radius 1 is 1.35 bits per heavy atom. The fraction of sp³-hybridized carbons (Fsp3) is 0.333. The minimum atomic E-state index is -0.0392. The summed E-state index contributed by atoms with van der Waals surface area (Å²) in [5.41, 5.74) is 3.83. The predicted octanol–water partition coefficient (Wildman–Crippen LogP) is 2.77. The van der Waals surface area contributed by atoms with Gasteiger partial charge in [-0.25, -0.2) is 4.98 Å². The van der Waals surface area contributed by atoms with Gasteiger partial charge in [-0.2, -0.15) is 0 Å². The van der Waals surface area contributed by atoms with Gasteiger partial charge in [-0.3, -0.25) is 4.79 Å². The second-order valence-electron chi connectivity index (χ2n) is 4.64. The summed E-state index contributed by atoms with van der Waals surface area (Å²) in [7, 11) is 1.87. The molecule has 1 heterocycles. The molecule has 106 valence electrons. The van der Waals surface area contributed by atoms with Gasteiger partial charge in [0.15, 0.2) is 0 Å². The lowest BCUT2D eigenvalue weighted by molar-refractivity contribution is 0.0954. The average Bonchev–Trinajstić information content (AvgIpc) is 2.84. The molecule has 0 radical (unpaired) electrons. The van der Waals surface area contributed by atoms with E-state index >= 15 is 0 Å². The van der Waals surface area contributed by atoms with Gasteiger partial charge in [0.1, 0.15) is 0 Å². The molecule has 0 unspecified atom stereocenters. The molecule has 20 heavy (non-hydrogen) atoms. The van der Waals surface area contributed by atoms with E-state index in [9.17, 15) is 4.79 Å². The van der Waals surface area contributed by atoms with Crippen LogP contribution in [0.3, 0.4) is 0 Å². The quantitative estimate of drug-likeness (QED) is 0.890. The number of nitrogens with one attached hydrogen (secondary N) is 2. The molecule has 0 aliphatic carbocycles. The molecule has 1 amide bonds. The van der Waals surface area contributed by atoms with Crippen molar-refractivity contribution in [1.29, 1.82) is 0 Å². The van der Waals surface area contributed by atoms with Crippen LogP contribution in [0, 0.1) is 13.8 Å². The van der Waals surface area contributed by atoms with Crippen LogP contribution in [0.25, 0.3) is 0 Å². The van der Waals surface area contributed by atoms with Crippen LogP contribution < -0.4 is 10.6 Å². The first-order valence-electron chi connectivity index (χ1n) is 6.57. The van der Waals surface area contributed by atoms with Crippen LogP contribution in [-0.2, 0) is 6.42 Å². The van der Waals surface area contributed by atoms with Crippen LogP contribution in [0.1, 0.15) is 26.6 Å². The van der Waals surface area contributed by atoms with E-state index in [1.165, 1.54) is 0 Å². The Kier molecular flexibility index (Phi) is 4.74. The van der Waals surface area contributed by atoms with Crippen LogP contribution in [0.5, 0.6) is 0 Å². The third-order valence-electron chi connectivity index (χ3n) is 3.09. The highest BCUT2D eigenvalue weighted by Gasteiger charge is 2.07. The number of amides is 1. The summed E-state index contributed by atoms with van der Waals surface area (Å²) >= 11 is 1.63. The number of hydrogen-bond donors (Lipinski definition) is 2. The monoisotopic (exact) mass is 289 g/mol. The molecule has 2 rings (SSSR count). The maximum absolute atomic E-state index is 12.0. The number of hydrogen-bond acceptors (Lipinski definition) is 4. The summed E-state index contributed by atoms with van der Waals surface area (Å²) in [5.74, 6) is -0.0392. The lowest BCUT2D eigenvalue weighted by Gasteiger charge is -2.08. The number of carbonyl (C=O) groups excluding carboxylic acids is 1. The maximum atomic E-state index is 12.0. The first-order chi connectivity index (χ1) is 9.60. The van der Waals surface area contributed by atoms with Crippen molar-refractivity contribution in [2.45, 2.75) is 20.3 Å². The van der Waals surface area contributed by atoms with E-state index in [0.29, 0.717) is 12.1 Å². The number of benzene rings is 1. The fourth-order valence-electron chi connectivity index (χ4n) is 2.01. The van der Waals surface area contributed by atoms with E-state index in [0.717, 1.165) is 28.4 Å². The molecule has 0 saturated heterocycles. The largest absolute Gasteiger partial charge is 0.388 e. The van der Waals surface area contributed by atoms with Crippen molar-refractivity contribution in [1.82, 2.24) is 10.3 Å². The number of nitrogens with zero attached hydrogens (tertiary/aromatic N) is 1. The van der Waals surface area contributed by atoms with E-state index in [1.807, 2.05) is 44.5 Å². The Bertz CT molecular complexity index is 607. The number of carbonyl (C=O) groups is 1. The zero-order chi connectivity index (χ0) is 14.5. The summed E-state index contributed by atoms with van der Waals surface area (Å²) in [5, 5.41) is 9.11. The molecule has 2 N–H and O–H groups in total. The number of thiazole rings is 1. The summed E-state index contributed by atoms with van der Waals surface area (Å²) in [6, 6.07) is 5.66. The minimum Gasteiger partial charge on any atom is -0.388 e. The highest BCUT2D eigenvalue weighted by molar-refractivity contribution is 7.09. The molecule has 4 nitrogen and oxygen atoms in total. The van der Waals surface area contributed by atoms with Gasteiger partial charge in [0.05, 0.1) is 10.7 Å². The molecule has 0 saturated carbocycles. The van der Waals surface area contributed by atoms with Gasteiger partial charge in [0, 0.05) is 36.6 Å². The maximum Gasteiger partial charge on any atom is 0.251 e. The normalized spacial score (nSPS) is 10.3. The van der Waals surface area contributed by atoms with Crippen LogP contribution in [-0.4, -0.2) is 24.5 Å². The summed E-state index contributed by atoms with van der Waals surface area (Å²) in [6.45, 7) is 4.58. The molecule has 0 aliphatic rings. The van der Waals surface area contributed by atoms with E-state index in [1.54, 1.807) is 11.3 Å². The Balaban J connectivity index is 1.90. The molecule has 2 aromatic rings. The number of aromatic nitrogens is 1. The first-order valence-corrected chi connectivity index (χ1v) is 7.45. The van der Waals surface area contributed by atoms with Crippen molar-refractivity contribution in [3.63, 3.8) is 0 Å².